The van der Waals surface area contributed by atoms with Crippen LogP contribution in [0.25, 0.3) is 0 Å². The van der Waals surface area contributed by atoms with Crippen LogP contribution < -0.4 is 0 Å². The van der Waals surface area contributed by atoms with E-state index in [4.69, 9.17) is 5.11 Å². The highest BCUT2D eigenvalue weighted by molar-refractivity contribution is 7.94. The van der Waals surface area contributed by atoms with E-state index >= 15 is 0 Å². The van der Waals surface area contributed by atoms with Crippen LogP contribution in [0.1, 0.15) is 40.0 Å². The molecule has 6 heteroatoms. The van der Waals surface area contributed by atoms with Crippen LogP contribution in [0.15, 0.2) is 0 Å². The first-order valence-corrected chi connectivity index (χ1v) is 6.94. The van der Waals surface area contributed by atoms with Gasteiger partial charge in [0.05, 0.1) is 0 Å². The van der Waals surface area contributed by atoms with Crippen molar-refractivity contribution in [1.82, 2.24) is 0 Å². The summed E-state index contributed by atoms with van der Waals surface area (Å²) in [7, 11) is -3.81. The van der Waals surface area contributed by atoms with Crippen molar-refractivity contribution in [2.24, 2.45) is 0 Å². The number of hydrogen-bond donors (Lipinski definition) is 1. The lowest BCUT2D eigenvalue weighted by Gasteiger charge is -2.24. The number of rotatable bonds is 2. The molecule has 0 radical (unpaired) electrons. The number of aliphatic carboxylic acids is 1. The van der Waals surface area contributed by atoms with Crippen molar-refractivity contribution in [3.8, 4) is 0 Å². The van der Waals surface area contributed by atoms with Crippen LogP contribution >= 0.6 is 0 Å². The van der Waals surface area contributed by atoms with Gasteiger partial charge in [0.15, 0.2) is 15.1 Å². The van der Waals surface area contributed by atoms with Gasteiger partial charge in [-0.25, -0.2) is 8.42 Å². The molecule has 94 valence electrons. The Morgan fingerprint density at radius 1 is 1.12 bits per heavy atom. The first-order valence-electron chi connectivity index (χ1n) is 5.33. The summed E-state index contributed by atoms with van der Waals surface area (Å²) in [5.74, 6) is -1.81. The molecule has 1 heterocycles. The highest BCUT2D eigenvalue weighted by Crippen LogP contribution is 2.26. The van der Waals surface area contributed by atoms with E-state index in [1.807, 2.05) is 13.8 Å². The molecule has 0 aliphatic carbocycles. The fourth-order valence-electron chi connectivity index (χ4n) is 1.71. The van der Waals surface area contributed by atoms with Crippen molar-refractivity contribution in [2.45, 2.75) is 50.5 Å². The van der Waals surface area contributed by atoms with Crippen LogP contribution in [0.4, 0.5) is 0 Å². The summed E-state index contributed by atoms with van der Waals surface area (Å²) in [6.45, 7) is 5.19. The minimum Gasteiger partial charge on any atom is -0.480 e. The number of ketones is 1. The van der Waals surface area contributed by atoms with E-state index < -0.39 is 32.1 Å². The molecule has 5 nitrogen and oxygen atoms in total. The van der Waals surface area contributed by atoms with Gasteiger partial charge >= 0.3 is 5.97 Å². The number of carboxylic acids is 1. The average Bonchev–Trinajstić information content (AvgIpc) is 2.18. The molecule has 2 atom stereocenters. The quantitative estimate of drug-likeness (QED) is 0.790. The maximum Gasteiger partial charge on any atom is 0.321 e. The van der Waals surface area contributed by atoms with Gasteiger partial charge in [-0.2, -0.15) is 0 Å². The number of sulfone groups is 1. The molecule has 1 aliphatic heterocycles. The lowest BCUT2D eigenvalue weighted by Crippen LogP contribution is -2.44. The molecule has 0 saturated carbocycles. The number of hydrogen-bond acceptors (Lipinski definition) is 4. The summed E-state index contributed by atoms with van der Waals surface area (Å²) in [6, 6.07) is 0. The second-order valence-electron chi connectivity index (χ2n) is 3.45. The third-order valence-electron chi connectivity index (χ3n) is 2.45. The molecule has 0 bridgehead atoms. The zero-order valence-electron chi connectivity index (χ0n) is 9.76. The van der Waals surface area contributed by atoms with E-state index in [1.54, 1.807) is 0 Å². The third kappa shape index (κ3) is 3.04. The Bertz CT molecular complexity index is 329. The minimum absolute atomic E-state index is 0.113. The molecule has 0 spiro atoms. The van der Waals surface area contributed by atoms with Gasteiger partial charge in [-0.3, -0.25) is 9.59 Å². The topological polar surface area (TPSA) is 88.5 Å². The lowest BCUT2D eigenvalue weighted by molar-refractivity contribution is -0.136. The maximum atomic E-state index is 11.6. The van der Waals surface area contributed by atoms with E-state index in [2.05, 4.69) is 0 Å². The van der Waals surface area contributed by atoms with E-state index in [0.29, 0.717) is 6.42 Å². The van der Waals surface area contributed by atoms with Gasteiger partial charge in [-0.1, -0.05) is 13.8 Å². The van der Waals surface area contributed by atoms with E-state index in [0.717, 1.165) is 0 Å². The van der Waals surface area contributed by atoms with Gasteiger partial charge < -0.3 is 5.11 Å². The standard InChI is InChI=1S/C8H12O5S.C2H6/c1-5(9)6-3-2-4-7(8(10)11)14(6,12)13;1-2/h6-7H,2-4H2,1H3,(H,10,11);1-2H3. The van der Waals surface area contributed by atoms with Crippen molar-refractivity contribution in [1.29, 1.82) is 0 Å². The molecule has 1 fully saturated rings. The SMILES string of the molecule is CC.CC(=O)C1CCCC(C(=O)O)S1(=O)=O. The van der Waals surface area contributed by atoms with Crippen molar-refractivity contribution in [3.63, 3.8) is 0 Å². The molecule has 1 rings (SSSR count). The van der Waals surface area contributed by atoms with Gasteiger partial charge in [0.2, 0.25) is 0 Å². The summed E-state index contributed by atoms with van der Waals surface area (Å²) in [5, 5.41) is 6.17. The fraction of sp³-hybridized carbons (Fsp3) is 0.800. The maximum absolute atomic E-state index is 11.6. The Hall–Kier alpha value is -0.910. The molecular formula is C10H18O5S. The molecule has 0 amide bonds. The van der Waals surface area contributed by atoms with Crippen molar-refractivity contribution >= 4 is 21.6 Å². The smallest absolute Gasteiger partial charge is 0.321 e. The Balaban J connectivity index is 0.00000106. The van der Waals surface area contributed by atoms with Crippen LogP contribution in [0.5, 0.6) is 0 Å². The molecule has 0 aromatic carbocycles. The second kappa shape index (κ2) is 5.98. The molecule has 0 aromatic heterocycles. The highest BCUT2D eigenvalue weighted by Gasteiger charge is 2.43. The molecule has 1 aliphatic rings. The number of carboxylic acid groups (broad SMARTS) is 1. The number of carbonyl (C=O) groups is 2. The number of Topliss-reactive ketones (excluding diaryl/α,β-unsaturated/α-hetero) is 1. The summed E-state index contributed by atoms with van der Waals surface area (Å²) >= 11 is 0. The third-order valence-corrected chi connectivity index (χ3v) is 5.05. The van der Waals surface area contributed by atoms with Crippen molar-refractivity contribution < 1.29 is 23.1 Å². The first-order chi connectivity index (χ1) is 7.37. The Labute approximate surface area is 95.8 Å². The van der Waals surface area contributed by atoms with E-state index in [-0.39, 0.29) is 12.8 Å². The normalized spacial score (nSPS) is 27.4. The zero-order valence-corrected chi connectivity index (χ0v) is 10.6. The lowest BCUT2D eigenvalue weighted by atomic mass is 10.1. The highest BCUT2D eigenvalue weighted by atomic mass is 32.2. The van der Waals surface area contributed by atoms with Gasteiger partial charge in [-0.15, -0.1) is 0 Å². The fourth-order valence-corrected chi connectivity index (χ4v) is 3.84. The van der Waals surface area contributed by atoms with Crippen LogP contribution in [0, 0.1) is 0 Å². The molecule has 1 saturated heterocycles. The van der Waals surface area contributed by atoms with Gasteiger partial charge in [0.1, 0.15) is 11.0 Å². The Kier molecular flexibility index (Phi) is 5.64. The first kappa shape index (κ1) is 15.1. The van der Waals surface area contributed by atoms with Gasteiger partial charge in [-0.05, 0) is 26.2 Å². The Morgan fingerprint density at radius 2 is 1.56 bits per heavy atom. The van der Waals surface area contributed by atoms with Crippen LogP contribution in [-0.2, 0) is 19.4 Å². The Morgan fingerprint density at radius 3 is 1.94 bits per heavy atom. The number of carbonyl (C=O) groups excluding carboxylic acids is 1. The van der Waals surface area contributed by atoms with Crippen LogP contribution in [0.2, 0.25) is 0 Å². The molecule has 0 aromatic rings. The summed E-state index contributed by atoms with van der Waals surface area (Å²) in [6.07, 6.45) is 0.837. The molecule has 16 heavy (non-hydrogen) atoms. The summed E-state index contributed by atoms with van der Waals surface area (Å²) < 4.78 is 23.2. The minimum atomic E-state index is -3.81. The molecule has 2 unspecified atom stereocenters. The van der Waals surface area contributed by atoms with Crippen molar-refractivity contribution in [2.75, 3.05) is 0 Å². The predicted octanol–water partition coefficient (Wildman–Crippen LogP) is 1.02. The molecule has 1 N–H and O–H groups in total. The zero-order chi connectivity index (χ0) is 12.9. The van der Waals surface area contributed by atoms with E-state index in [9.17, 15) is 18.0 Å². The van der Waals surface area contributed by atoms with Crippen LogP contribution in [0.3, 0.4) is 0 Å². The monoisotopic (exact) mass is 250 g/mol. The largest absolute Gasteiger partial charge is 0.480 e. The summed E-state index contributed by atoms with van der Waals surface area (Å²) in [4.78, 5) is 21.7. The van der Waals surface area contributed by atoms with Gasteiger partial charge in [0.25, 0.3) is 0 Å². The van der Waals surface area contributed by atoms with Gasteiger partial charge in [0, 0.05) is 0 Å². The van der Waals surface area contributed by atoms with E-state index in [1.165, 1.54) is 6.92 Å². The molecular weight excluding hydrogens is 232 g/mol. The summed E-state index contributed by atoms with van der Waals surface area (Å²) in [5.41, 5.74) is 0. The van der Waals surface area contributed by atoms with Crippen LogP contribution in [-0.4, -0.2) is 35.8 Å². The average molecular weight is 250 g/mol. The predicted molar refractivity (Wildman–Crippen MR) is 60.0 cm³/mol. The second-order valence-corrected chi connectivity index (χ2v) is 5.76. The van der Waals surface area contributed by atoms with Crippen molar-refractivity contribution in [3.05, 3.63) is 0 Å².